The van der Waals surface area contributed by atoms with Gasteiger partial charge in [0, 0.05) is 18.8 Å². The van der Waals surface area contributed by atoms with E-state index < -0.39 is 5.97 Å². The number of nitrogens with zero attached hydrogens (tertiary/aromatic N) is 1. The molecule has 5 nitrogen and oxygen atoms in total. The van der Waals surface area contributed by atoms with Gasteiger partial charge in [0.2, 0.25) is 5.91 Å². The summed E-state index contributed by atoms with van der Waals surface area (Å²) in [5, 5.41) is 9.05. The fourth-order valence-electron chi connectivity index (χ4n) is 3.10. The Morgan fingerprint density at radius 1 is 1.33 bits per heavy atom. The molecule has 1 N–H and O–H groups in total. The van der Waals surface area contributed by atoms with E-state index in [2.05, 4.69) is 0 Å². The van der Waals surface area contributed by atoms with Crippen LogP contribution in [0.3, 0.4) is 0 Å². The second kappa shape index (κ2) is 5.85. The molecular formula is C16H19NO4. The van der Waals surface area contributed by atoms with Crippen LogP contribution in [0.2, 0.25) is 0 Å². The first-order chi connectivity index (χ1) is 10.1. The highest BCUT2D eigenvalue weighted by Crippen LogP contribution is 2.29. The summed E-state index contributed by atoms with van der Waals surface area (Å²) in [6.45, 7) is 1.45. The highest BCUT2D eigenvalue weighted by atomic mass is 16.5. The average molecular weight is 289 g/mol. The van der Waals surface area contributed by atoms with Crippen LogP contribution in [0.15, 0.2) is 18.2 Å². The summed E-state index contributed by atoms with van der Waals surface area (Å²) in [5.41, 5.74) is 2.08. The van der Waals surface area contributed by atoms with E-state index in [1.165, 1.54) is 0 Å². The van der Waals surface area contributed by atoms with Gasteiger partial charge in [0.15, 0.2) is 0 Å². The molecule has 0 aromatic heterocycles. The molecule has 3 rings (SSSR count). The molecule has 112 valence electrons. The van der Waals surface area contributed by atoms with E-state index in [1.54, 1.807) is 23.1 Å². The zero-order valence-corrected chi connectivity index (χ0v) is 11.9. The first kappa shape index (κ1) is 14.1. The van der Waals surface area contributed by atoms with E-state index in [4.69, 9.17) is 9.84 Å². The molecule has 0 radical (unpaired) electrons. The van der Waals surface area contributed by atoms with Crippen molar-refractivity contribution in [3.8, 4) is 0 Å². The van der Waals surface area contributed by atoms with E-state index in [0.717, 1.165) is 43.5 Å². The van der Waals surface area contributed by atoms with Crippen LogP contribution < -0.4 is 4.90 Å². The molecule has 2 heterocycles. The normalized spacial score (nSPS) is 21.1. The summed E-state index contributed by atoms with van der Waals surface area (Å²) in [5.74, 6) is -0.855. The molecule has 0 saturated carbocycles. The predicted molar refractivity (Wildman–Crippen MR) is 77.7 cm³/mol. The number of hydrogen-bond donors (Lipinski definition) is 1. The van der Waals surface area contributed by atoms with Crippen molar-refractivity contribution in [3.05, 3.63) is 29.3 Å². The zero-order valence-electron chi connectivity index (χ0n) is 11.9. The van der Waals surface area contributed by atoms with Gasteiger partial charge in [-0.15, -0.1) is 0 Å². The highest BCUT2D eigenvalue weighted by molar-refractivity contribution is 5.96. The van der Waals surface area contributed by atoms with E-state index in [1.807, 2.05) is 0 Å². The van der Waals surface area contributed by atoms with Crippen molar-refractivity contribution in [2.24, 2.45) is 0 Å². The number of carboxylic acids is 1. The number of carboxylic acid groups (broad SMARTS) is 1. The maximum absolute atomic E-state index is 12.5. The Hall–Kier alpha value is -1.88. The number of benzene rings is 1. The van der Waals surface area contributed by atoms with E-state index in [0.29, 0.717) is 13.0 Å². The van der Waals surface area contributed by atoms with Crippen molar-refractivity contribution in [3.63, 3.8) is 0 Å². The second-order valence-electron chi connectivity index (χ2n) is 5.64. The minimum Gasteiger partial charge on any atom is -0.478 e. The predicted octanol–water partition coefficient (Wildman–Crippen LogP) is 2.23. The Kier molecular flexibility index (Phi) is 3.92. The van der Waals surface area contributed by atoms with Crippen LogP contribution in [0.1, 0.15) is 41.6 Å². The van der Waals surface area contributed by atoms with Crippen LogP contribution in [0.5, 0.6) is 0 Å². The van der Waals surface area contributed by atoms with Gasteiger partial charge in [-0.2, -0.15) is 0 Å². The van der Waals surface area contributed by atoms with Gasteiger partial charge in [-0.05, 0) is 49.4 Å². The molecule has 0 bridgehead atoms. The summed E-state index contributed by atoms with van der Waals surface area (Å²) in [4.78, 5) is 25.3. The number of aryl methyl sites for hydroxylation is 1. The van der Waals surface area contributed by atoms with Gasteiger partial charge in [0.05, 0.1) is 18.1 Å². The molecule has 2 aliphatic rings. The monoisotopic (exact) mass is 289 g/mol. The lowest BCUT2D eigenvalue weighted by molar-refractivity contribution is -0.120. The Balaban J connectivity index is 1.79. The number of amides is 1. The van der Waals surface area contributed by atoms with Gasteiger partial charge in [-0.1, -0.05) is 0 Å². The minimum atomic E-state index is -0.930. The average Bonchev–Trinajstić information content (AvgIpc) is 2.98. The third-order valence-corrected chi connectivity index (χ3v) is 4.17. The van der Waals surface area contributed by atoms with Gasteiger partial charge in [0.1, 0.15) is 0 Å². The van der Waals surface area contributed by atoms with Crippen molar-refractivity contribution >= 4 is 17.6 Å². The van der Waals surface area contributed by atoms with Gasteiger partial charge < -0.3 is 14.7 Å². The Morgan fingerprint density at radius 3 is 2.90 bits per heavy atom. The number of rotatable bonds is 3. The molecular weight excluding hydrogens is 270 g/mol. The van der Waals surface area contributed by atoms with Gasteiger partial charge >= 0.3 is 5.97 Å². The van der Waals surface area contributed by atoms with Crippen molar-refractivity contribution in [2.45, 2.75) is 38.2 Å². The fourth-order valence-corrected chi connectivity index (χ4v) is 3.10. The highest BCUT2D eigenvalue weighted by Gasteiger charge is 2.27. The molecule has 1 aromatic rings. The maximum atomic E-state index is 12.5. The van der Waals surface area contributed by atoms with Crippen LogP contribution in [0, 0.1) is 0 Å². The standard InChI is InChI=1S/C16H19NO4/c18-15(10-13-4-2-8-21-13)17-7-1-3-11-9-12(16(19)20)5-6-14(11)17/h5-6,9,13H,1-4,7-8,10H2,(H,19,20). The van der Waals surface area contributed by atoms with Gasteiger partial charge in [-0.3, -0.25) is 4.79 Å². The first-order valence-corrected chi connectivity index (χ1v) is 7.43. The van der Waals surface area contributed by atoms with Crippen molar-refractivity contribution in [2.75, 3.05) is 18.1 Å². The number of aromatic carboxylic acids is 1. The molecule has 5 heteroatoms. The van der Waals surface area contributed by atoms with Crippen LogP contribution in [-0.2, 0) is 16.0 Å². The van der Waals surface area contributed by atoms with E-state index in [-0.39, 0.29) is 17.6 Å². The number of anilines is 1. The summed E-state index contributed by atoms with van der Waals surface area (Å²) >= 11 is 0. The van der Waals surface area contributed by atoms with Crippen LogP contribution in [-0.4, -0.2) is 36.2 Å². The molecule has 2 aliphatic heterocycles. The molecule has 1 unspecified atom stereocenters. The molecule has 1 fully saturated rings. The number of carbonyl (C=O) groups is 2. The molecule has 1 saturated heterocycles. The molecule has 1 aromatic carbocycles. The number of hydrogen-bond acceptors (Lipinski definition) is 3. The SMILES string of the molecule is O=C(O)c1ccc2c(c1)CCCN2C(=O)CC1CCCO1. The van der Waals surface area contributed by atoms with Crippen molar-refractivity contribution in [1.29, 1.82) is 0 Å². The molecule has 1 amide bonds. The quantitative estimate of drug-likeness (QED) is 0.926. The largest absolute Gasteiger partial charge is 0.478 e. The summed E-state index contributed by atoms with van der Waals surface area (Å²) in [6, 6.07) is 5.01. The van der Waals surface area contributed by atoms with E-state index in [9.17, 15) is 9.59 Å². The zero-order chi connectivity index (χ0) is 14.8. The first-order valence-electron chi connectivity index (χ1n) is 7.43. The summed E-state index contributed by atoms with van der Waals surface area (Å²) in [7, 11) is 0. The molecule has 21 heavy (non-hydrogen) atoms. The second-order valence-corrected chi connectivity index (χ2v) is 5.64. The fraction of sp³-hybridized carbons (Fsp3) is 0.500. The Morgan fingerprint density at radius 2 is 2.19 bits per heavy atom. The minimum absolute atomic E-state index is 0.0427. The summed E-state index contributed by atoms with van der Waals surface area (Å²) in [6.07, 6.45) is 4.12. The van der Waals surface area contributed by atoms with Gasteiger partial charge in [0.25, 0.3) is 0 Å². The third kappa shape index (κ3) is 2.93. The molecule has 1 atom stereocenters. The van der Waals surface area contributed by atoms with Crippen LogP contribution in [0.4, 0.5) is 5.69 Å². The lowest BCUT2D eigenvalue weighted by Crippen LogP contribution is -2.37. The third-order valence-electron chi connectivity index (χ3n) is 4.17. The maximum Gasteiger partial charge on any atom is 0.335 e. The lowest BCUT2D eigenvalue weighted by atomic mass is 9.98. The van der Waals surface area contributed by atoms with E-state index >= 15 is 0 Å². The molecule has 0 aliphatic carbocycles. The van der Waals surface area contributed by atoms with Crippen molar-refractivity contribution < 1.29 is 19.4 Å². The van der Waals surface area contributed by atoms with Crippen molar-refractivity contribution in [1.82, 2.24) is 0 Å². The van der Waals surface area contributed by atoms with Crippen LogP contribution >= 0.6 is 0 Å². The van der Waals surface area contributed by atoms with Crippen LogP contribution in [0.25, 0.3) is 0 Å². The Labute approximate surface area is 123 Å². The smallest absolute Gasteiger partial charge is 0.335 e. The lowest BCUT2D eigenvalue weighted by Gasteiger charge is -2.30. The number of fused-ring (bicyclic) bond motifs is 1. The van der Waals surface area contributed by atoms with Gasteiger partial charge in [-0.25, -0.2) is 4.79 Å². The Bertz CT molecular complexity index is 563. The topological polar surface area (TPSA) is 66.8 Å². The number of ether oxygens (including phenoxy) is 1. The number of carbonyl (C=O) groups excluding carboxylic acids is 1. The summed E-state index contributed by atoms with van der Waals surface area (Å²) < 4.78 is 5.53. The molecule has 0 spiro atoms.